The Morgan fingerprint density at radius 2 is 1.68 bits per heavy atom. The van der Waals surface area contributed by atoms with Crippen LogP contribution in [0.15, 0.2) is 33.5 Å². The second-order valence-corrected chi connectivity index (χ2v) is 5.70. The molecule has 2 aromatic carbocycles. The van der Waals surface area contributed by atoms with Crippen LogP contribution in [-0.4, -0.2) is 24.4 Å². The summed E-state index contributed by atoms with van der Waals surface area (Å²) in [6, 6.07) is 6.04. The van der Waals surface area contributed by atoms with Crippen molar-refractivity contribution in [2.75, 3.05) is 14.2 Å². The summed E-state index contributed by atoms with van der Waals surface area (Å²) in [7, 11) is 2.83. The first-order valence-corrected chi connectivity index (χ1v) is 7.60. The van der Waals surface area contributed by atoms with Gasteiger partial charge in [0.2, 0.25) is 11.2 Å². The molecule has 25 heavy (non-hydrogen) atoms. The first kappa shape index (κ1) is 16.7. The molecule has 0 saturated heterocycles. The van der Waals surface area contributed by atoms with Crippen molar-refractivity contribution in [2.45, 2.75) is 13.8 Å². The molecule has 1 heterocycles. The van der Waals surface area contributed by atoms with E-state index >= 15 is 0 Å². The van der Waals surface area contributed by atoms with Crippen LogP contribution in [0.3, 0.4) is 0 Å². The minimum atomic E-state index is -0.338. The van der Waals surface area contributed by atoms with Gasteiger partial charge in [-0.25, -0.2) is 0 Å². The Balaban J connectivity index is 2.38. The van der Waals surface area contributed by atoms with Crippen LogP contribution < -0.4 is 14.9 Å². The van der Waals surface area contributed by atoms with Crippen molar-refractivity contribution in [3.8, 4) is 34.3 Å². The first-order chi connectivity index (χ1) is 11.9. The van der Waals surface area contributed by atoms with Crippen molar-refractivity contribution in [1.29, 1.82) is 0 Å². The van der Waals surface area contributed by atoms with Crippen molar-refractivity contribution >= 4 is 11.0 Å². The van der Waals surface area contributed by atoms with E-state index in [1.807, 2.05) is 0 Å². The molecule has 3 aromatic rings. The number of fused-ring (bicyclic) bond motifs is 1. The van der Waals surface area contributed by atoms with Gasteiger partial charge in [-0.1, -0.05) is 0 Å². The second kappa shape index (κ2) is 6.05. The van der Waals surface area contributed by atoms with Crippen molar-refractivity contribution in [3.63, 3.8) is 0 Å². The largest absolute Gasteiger partial charge is 0.508 e. The van der Waals surface area contributed by atoms with Gasteiger partial charge >= 0.3 is 0 Å². The number of phenols is 2. The van der Waals surface area contributed by atoms with Crippen molar-refractivity contribution < 1.29 is 24.1 Å². The SMILES string of the molecule is COc1ccc(-c2oc3cc(O)c(C)c(C)c3c(=O)c2OC)cc1O. The summed E-state index contributed by atoms with van der Waals surface area (Å²) in [5, 5.41) is 20.4. The van der Waals surface area contributed by atoms with Gasteiger partial charge in [0.05, 0.1) is 19.6 Å². The maximum absolute atomic E-state index is 12.9. The summed E-state index contributed by atoms with van der Waals surface area (Å²) in [6.07, 6.45) is 0. The average molecular weight is 342 g/mol. The molecule has 0 amide bonds. The van der Waals surface area contributed by atoms with Crippen LogP contribution in [0.4, 0.5) is 0 Å². The highest BCUT2D eigenvalue weighted by molar-refractivity contribution is 5.87. The molecule has 130 valence electrons. The number of benzene rings is 2. The summed E-state index contributed by atoms with van der Waals surface area (Å²) >= 11 is 0. The van der Waals surface area contributed by atoms with Crippen molar-refractivity contribution in [1.82, 2.24) is 0 Å². The van der Waals surface area contributed by atoms with E-state index in [9.17, 15) is 15.0 Å². The van der Waals surface area contributed by atoms with Gasteiger partial charge in [0.1, 0.15) is 11.3 Å². The number of ether oxygens (including phenoxy) is 2. The van der Waals surface area contributed by atoms with Crippen LogP contribution >= 0.6 is 0 Å². The van der Waals surface area contributed by atoms with Crippen molar-refractivity contribution in [2.24, 2.45) is 0 Å². The lowest BCUT2D eigenvalue weighted by molar-refractivity contribution is 0.373. The molecular formula is C19H18O6. The normalized spacial score (nSPS) is 10.9. The third-order valence-corrected chi connectivity index (χ3v) is 4.33. The highest BCUT2D eigenvalue weighted by Crippen LogP contribution is 2.37. The lowest BCUT2D eigenvalue weighted by atomic mass is 10.0. The minimum absolute atomic E-state index is 0.0326. The molecule has 0 aliphatic rings. The smallest absolute Gasteiger partial charge is 0.235 e. The maximum atomic E-state index is 12.9. The van der Waals surface area contributed by atoms with E-state index < -0.39 is 0 Å². The molecule has 0 atom stereocenters. The Hall–Kier alpha value is -3.15. The van der Waals surface area contributed by atoms with Crippen molar-refractivity contribution in [3.05, 3.63) is 45.6 Å². The Kier molecular flexibility index (Phi) is 4.04. The third-order valence-electron chi connectivity index (χ3n) is 4.33. The van der Waals surface area contributed by atoms with Gasteiger partial charge < -0.3 is 24.1 Å². The fraction of sp³-hybridized carbons (Fsp3) is 0.211. The van der Waals surface area contributed by atoms with Gasteiger partial charge in [-0.2, -0.15) is 0 Å². The molecule has 0 fully saturated rings. The summed E-state index contributed by atoms with van der Waals surface area (Å²) in [6.45, 7) is 3.47. The molecular weight excluding hydrogens is 324 g/mol. The summed E-state index contributed by atoms with van der Waals surface area (Å²) < 4.78 is 16.2. The molecule has 2 N–H and O–H groups in total. The Labute approximate surface area is 143 Å². The van der Waals surface area contributed by atoms with Crippen LogP contribution in [0.25, 0.3) is 22.3 Å². The van der Waals surface area contributed by atoms with Gasteiger partial charge in [0, 0.05) is 11.6 Å². The number of hydrogen-bond donors (Lipinski definition) is 2. The predicted molar refractivity (Wildman–Crippen MR) is 93.8 cm³/mol. The molecule has 0 spiro atoms. The van der Waals surface area contributed by atoms with Crippen LogP contribution in [0.2, 0.25) is 0 Å². The molecule has 6 nitrogen and oxygen atoms in total. The quantitative estimate of drug-likeness (QED) is 0.757. The monoisotopic (exact) mass is 342 g/mol. The molecule has 0 aliphatic heterocycles. The predicted octanol–water partition coefficient (Wildman–Crippen LogP) is 3.51. The number of aromatic hydroxyl groups is 2. The fourth-order valence-electron chi connectivity index (χ4n) is 2.81. The number of aryl methyl sites for hydroxylation is 1. The minimum Gasteiger partial charge on any atom is -0.508 e. The second-order valence-electron chi connectivity index (χ2n) is 5.70. The van der Waals surface area contributed by atoms with Crippen LogP contribution in [-0.2, 0) is 0 Å². The van der Waals surface area contributed by atoms with Gasteiger partial charge in [0.25, 0.3) is 0 Å². The maximum Gasteiger partial charge on any atom is 0.235 e. The van der Waals surface area contributed by atoms with Gasteiger partial charge in [0.15, 0.2) is 17.3 Å². The summed E-state index contributed by atoms with van der Waals surface area (Å²) in [5.74, 6) is 0.454. The zero-order valence-electron chi connectivity index (χ0n) is 14.3. The van der Waals surface area contributed by atoms with E-state index in [2.05, 4.69) is 0 Å². The van der Waals surface area contributed by atoms with E-state index in [4.69, 9.17) is 13.9 Å². The number of rotatable bonds is 3. The zero-order chi connectivity index (χ0) is 18.3. The molecule has 1 aromatic heterocycles. The molecule has 3 rings (SSSR count). The highest BCUT2D eigenvalue weighted by atomic mass is 16.5. The van der Waals surface area contributed by atoms with Crippen LogP contribution in [0, 0.1) is 13.8 Å². The topological polar surface area (TPSA) is 89.1 Å². The lowest BCUT2D eigenvalue weighted by Crippen LogP contribution is -2.09. The molecule has 0 unspecified atom stereocenters. The van der Waals surface area contributed by atoms with Gasteiger partial charge in [-0.3, -0.25) is 4.79 Å². The lowest BCUT2D eigenvalue weighted by Gasteiger charge is -2.13. The van der Waals surface area contributed by atoms with E-state index in [1.54, 1.807) is 26.0 Å². The van der Waals surface area contributed by atoms with E-state index in [1.165, 1.54) is 26.4 Å². The highest BCUT2D eigenvalue weighted by Gasteiger charge is 2.21. The summed E-state index contributed by atoms with van der Waals surface area (Å²) in [5.41, 5.74) is 1.60. The Morgan fingerprint density at radius 1 is 0.960 bits per heavy atom. The van der Waals surface area contributed by atoms with Crippen LogP contribution in [0.5, 0.6) is 23.0 Å². The van der Waals surface area contributed by atoms with E-state index in [0.717, 1.165) is 0 Å². The Bertz CT molecular complexity index is 1030. The number of phenolic OH excluding ortho intramolecular Hbond substituents is 2. The first-order valence-electron chi connectivity index (χ1n) is 7.60. The Morgan fingerprint density at radius 3 is 2.28 bits per heavy atom. The molecule has 0 saturated carbocycles. The number of methoxy groups -OCH3 is 2. The average Bonchev–Trinajstić information content (AvgIpc) is 2.59. The summed E-state index contributed by atoms with van der Waals surface area (Å²) in [4.78, 5) is 12.9. The standard InChI is InChI=1S/C19H18O6/c1-9-10(2)16-15(8-12(9)20)25-18(19(24-4)17(16)22)11-5-6-14(23-3)13(21)7-11/h5-8,20-21H,1-4H3. The van der Waals surface area contributed by atoms with Crippen LogP contribution in [0.1, 0.15) is 11.1 Å². The molecule has 0 bridgehead atoms. The molecule has 0 radical (unpaired) electrons. The molecule has 0 aliphatic carbocycles. The number of hydrogen-bond acceptors (Lipinski definition) is 6. The van der Waals surface area contributed by atoms with E-state index in [0.29, 0.717) is 27.8 Å². The molecule has 6 heteroatoms. The van der Waals surface area contributed by atoms with Gasteiger partial charge in [-0.15, -0.1) is 0 Å². The van der Waals surface area contributed by atoms with Gasteiger partial charge in [-0.05, 0) is 43.2 Å². The third kappa shape index (κ3) is 2.55. The fourth-order valence-corrected chi connectivity index (χ4v) is 2.81. The zero-order valence-corrected chi connectivity index (χ0v) is 14.3. The van der Waals surface area contributed by atoms with E-state index in [-0.39, 0.29) is 34.0 Å².